The first-order valence-corrected chi connectivity index (χ1v) is 10.9. The number of para-hydroxylation sites is 2. The van der Waals surface area contributed by atoms with Gasteiger partial charge in [0, 0.05) is 11.7 Å². The minimum Gasteiger partial charge on any atom is -0.485 e. The SMILES string of the molecule is Cc1cccc(C)c1OCc1nnc(S[C@H](C)C(=O)NC(C)C)n1-c1ccccc1. The highest BCUT2D eigenvalue weighted by molar-refractivity contribution is 8.00. The van der Waals surface area contributed by atoms with Crippen LogP contribution in [0.25, 0.3) is 5.69 Å². The van der Waals surface area contributed by atoms with Crippen molar-refractivity contribution in [3.63, 3.8) is 0 Å². The molecule has 2 aromatic carbocycles. The minimum atomic E-state index is -0.300. The molecule has 0 aliphatic heterocycles. The second kappa shape index (κ2) is 9.80. The molecule has 0 saturated heterocycles. The van der Waals surface area contributed by atoms with E-state index in [1.54, 1.807) is 0 Å². The van der Waals surface area contributed by atoms with Gasteiger partial charge in [-0.1, -0.05) is 48.2 Å². The van der Waals surface area contributed by atoms with Crippen molar-refractivity contribution in [1.29, 1.82) is 0 Å². The topological polar surface area (TPSA) is 69.0 Å². The van der Waals surface area contributed by atoms with Gasteiger partial charge >= 0.3 is 0 Å². The first-order valence-electron chi connectivity index (χ1n) is 10.0. The molecule has 3 rings (SSSR count). The van der Waals surface area contributed by atoms with E-state index in [9.17, 15) is 4.79 Å². The number of aryl methyl sites for hydroxylation is 2. The number of nitrogens with zero attached hydrogens (tertiary/aromatic N) is 3. The van der Waals surface area contributed by atoms with Crippen LogP contribution < -0.4 is 10.1 Å². The number of carbonyl (C=O) groups is 1. The van der Waals surface area contributed by atoms with E-state index in [-0.39, 0.29) is 23.8 Å². The van der Waals surface area contributed by atoms with Crippen LogP contribution in [-0.4, -0.2) is 32.0 Å². The lowest BCUT2D eigenvalue weighted by Crippen LogP contribution is -2.36. The fourth-order valence-electron chi connectivity index (χ4n) is 3.08. The lowest BCUT2D eigenvalue weighted by Gasteiger charge is -2.16. The van der Waals surface area contributed by atoms with Gasteiger partial charge in [0.1, 0.15) is 12.4 Å². The number of ether oxygens (including phenoxy) is 1. The predicted octanol–water partition coefficient (Wildman–Crippen LogP) is 4.47. The van der Waals surface area contributed by atoms with E-state index in [1.807, 2.05) is 87.7 Å². The van der Waals surface area contributed by atoms with E-state index in [1.165, 1.54) is 11.8 Å². The molecule has 0 aliphatic rings. The molecule has 7 heteroatoms. The Morgan fingerprint density at radius 1 is 1.03 bits per heavy atom. The summed E-state index contributed by atoms with van der Waals surface area (Å²) in [6, 6.07) is 16.1. The van der Waals surface area contributed by atoms with E-state index < -0.39 is 0 Å². The molecule has 0 aliphatic carbocycles. The molecule has 30 heavy (non-hydrogen) atoms. The van der Waals surface area contributed by atoms with Crippen molar-refractivity contribution >= 4 is 17.7 Å². The van der Waals surface area contributed by atoms with Crippen molar-refractivity contribution in [3.05, 3.63) is 65.5 Å². The van der Waals surface area contributed by atoms with Gasteiger partial charge in [-0.15, -0.1) is 10.2 Å². The van der Waals surface area contributed by atoms with Gasteiger partial charge in [-0.2, -0.15) is 0 Å². The number of aromatic nitrogens is 3. The molecular weight excluding hydrogens is 396 g/mol. The molecule has 3 aromatic rings. The summed E-state index contributed by atoms with van der Waals surface area (Å²) in [5.74, 6) is 1.52. The first kappa shape index (κ1) is 21.9. The van der Waals surface area contributed by atoms with Crippen LogP contribution >= 0.6 is 11.8 Å². The maximum absolute atomic E-state index is 12.4. The lowest BCUT2D eigenvalue weighted by molar-refractivity contribution is -0.120. The van der Waals surface area contributed by atoms with E-state index >= 15 is 0 Å². The zero-order valence-corrected chi connectivity index (χ0v) is 18.9. The standard InChI is InChI=1S/C23H28N4O2S/c1-15(2)24-22(28)18(5)30-23-26-25-20(27(23)19-12-7-6-8-13-19)14-29-21-16(3)10-9-11-17(21)4/h6-13,15,18H,14H2,1-5H3,(H,24,28)/t18-/m1/s1. The number of carbonyl (C=O) groups excluding carboxylic acids is 1. The highest BCUT2D eigenvalue weighted by Crippen LogP contribution is 2.28. The lowest BCUT2D eigenvalue weighted by atomic mass is 10.1. The zero-order valence-electron chi connectivity index (χ0n) is 18.0. The van der Waals surface area contributed by atoms with Crippen molar-refractivity contribution in [3.8, 4) is 11.4 Å². The molecule has 1 aromatic heterocycles. The van der Waals surface area contributed by atoms with E-state index in [2.05, 4.69) is 15.5 Å². The molecule has 0 unspecified atom stereocenters. The fraction of sp³-hybridized carbons (Fsp3) is 0.348. The quantitative estimate of drug-likeness (QED) is 0.541. The van der Waals surface area contributed by atoms with Crippen molar-refractivity contribution < 1.29 is 9.53 Å². The summed E-state index contributed by atoms with van der Waals surface area (Å²) in [6.45, 7) is 10.1. The highest BCUT2D eigenvalue weighted by Gasteiger charge is 2.22. The summed E-state index contributed by atoms with van der Waals surface area (Å²) in [6.07, 6.45) is 0. The van der Waals surface area contributed by atoms with Gasteiger partial charge in [0.25, 0.3) is 0 Å². The smallest absolute Gasteiger partial charge is 0.233 e. The van der Waals surface area contributed by atoms with Crippen LogP contribution in [-0.2, 0) is 11.4 Å². The summed E-state index contributed by atoms with van der Waals surface area (Å²) in [5, 5.41) is 12.0. The molecule has 158 valence electrons. The number of thioether (sulfide) groups is 1. The Balaban J connectivity index is 1.88. The maximum Gasteiger partial charge on any atom is 0.233 e. The van der Waals surface area contributed by atoms with Gasteiger partial charge in [0.05, 0.1) is 5.25 Å². The molecule has 1 amide bonds. The van der Waals surface area contributed by atoms with Crippen LogP contribution in [0.3, 0.4) is 0 Å². The molecule has 1 heterocycles. The largest absolute Gasteiger partial charge is 0.485 e. The molecule has 0 radical (unpaired) electrons. The molecule has 6 nitrogen and oxygen atoms in total. The number of hydrogen-bond acceptors (Lipinski definition) is 5. The number of rotatable bonds is 8. The van der Waals surface area contributed by atoms with Gasteiger partial charge in [-0.05, 0) is 57.9 Å². The number of hydrogen-bond donors (Lipinski definition) is 1. The monoisotopic (exact) mass is 424 g/mol. The van der Waals surface area contributed by atoms with Crippen molar-refractivity contribution in [2.24, 2.45) is 0 Å². The Kier molecular flexibility index (Phi) is 7.15. The summed E-state index contributed by atoms with van der Waals surface area (Å²) in [4.78, 5) is 12.4. The Morgan fingerprint density at radius 2 is 1.70 bits per heavy atom. The van der Waals surface area contributed by atoms with Crippen molar-refractivity contribution in [2.75, 3.05) is 0 Å². The number of benzene rings is 2. The van der Waals surface area contributed by atoms with Gasteiger partial charge in [0.2, 0.25) is 5.91 Å². The van der Waals surface area contributed by atoms with Crippen LogP contribution in [0, 0.1) is 13.8 Å². The average Bonchev–Trinajstić information content (AvgIpc) is 3.10. The molecule has 0 bridgehead atoms. The third-order valence-corrected chi connectivity index (χ3v) is 5.59. The molecule has 1 atom stereocenters. The molecule has 0 saturated carbocycles. The van der Waals surface area contributed by atoms with Crippen LogP contribution in [0.15, 0.2) is 53.7 Å². The number of amides is 1. The third kappa shape index (κ3) is 5.21. The van der Waals surface area contributed by atoms with E-state index in [4.69, 9.17) is 4.74 Å². The molecule has 1 N–H and O–H groups in total. The van der Waals surface area contributed by atoms with Crippen molar-refractivity contribution in [2.45, 2.75) is 57.7 Å². The predicted molar refractivity (Wildman–Crippen MR) is 120 cm³/mol. The fourth-order valence-corrected chi connectivity index (χ4v) is 3.98. The summed E-state index contributed by atoms with van der Waals surface area (Å²) in [7, 11) is 0. The second-order valence-corrected chi connectivity index (χ2v) is 8.81. The zero-order chi connectivity index (χ0) is 21.7. The van der Waals surface area contributed by atoms with Crippen molar-refractivity contribution in [1.82, 2.24) is 20.1 Å². The normalized spacial score (nSPS) is 12.1. The van der Waals surface area contributed by atoms with E-state index in [0.29, 0.717) is 11.0 Å². The Hall–Kier alpha value is -2.80. The molecule has 0 fully saturated rings. The van der Waals surface area contributed by atoms with Gasteiger partial charge < -0.3 is 10.1 Å². The average molecular weight is 425 g/mol. The Labute approximate surface area is 182 Å². The highest BCUT2D eigenvalue weighted by atomic mass is 32.2. The maximum atomic E-state index is 12.4. The first-order chi connectivity index (χ1) is 14.4. The third-order valence-electron chi connectivity index (χ3n) is 4.55. The second-order valence-electron chi connectivity index (χ2n) is 7.50. The Bertz CT molecular complexity index is 981. The Morgan fingerprint density at radius 3 is 2.33 bits per heavy atom. The van der Waals surface area contributed by atoms with Gasteiger partial charge in [-0.3, -0.25) is 9.36 Å². The summed E-state index contributed by atoms with van der Waals surface area (Å²) in [5.41, 5.74) is 3.09. The minimum absolute atomic E-state index is 0.0223. The van der Waals surface area contributed by atoms with E-state index in [0.717, 1.165) is 22.6 Å². The van der Waals surface area contributed by atoms with Crippen LogP contribution in [0.2, 0.25) is 0 Å². The van der Waals surface area contributed by atoms with Crippen LogP contribution in [0.5, 0.6) is 5.75 Å². The van der Waals surface area contributed by atoms with Gasteiger partial charge in [0.15, 0.2) is 11.0 Å². The molecular formula is C23H28N4O2S. The number of nitrogens with one attached hydrogen (secondary N) is 1. The molecule has 0 spiro atoms. The van der Waals surface area contributed by atoms with Crippen LogP contribution in [0.1, 0.15) is 37.7 Å². The summed E-state index contributed by atoms with van der Waals surface area (Å²) < 4.78 is 8.08. The van der Waals surface area contributed by atoms with Gasteiger partial charge in [-0.25, -0.2) is 0 Å². The van der Waals surface area contributed by atoms with Crippen LogP contribution in [0.4, 0.5) is 0 Å². The summed E-state index contributed by atoms with van der Waals surface area (Å²) >= 11 is 1.39.